The average Bonchev–Trinajstić information content (AvgIpc) is 1.86. The Balaban J connectivity index is 3.25. The van der Waals surface area contributed by atoms with Crippen LogP contribution in [0.5, 0.6) is 0 Å². The van der Waals surface area contributed by atoms with Gasteiger partial charge in [0.05, 0.1) is 0 Å². The van der Waals surface area contributed by atoms with E-state index in [2.05, 4.69) is 20.9 Å². The summed E-state index contributed by atoms with van der Waals surface area (Å²) in [5.41, 5.74) is 0. The number of nitrogens with zero attached hydrogens (tertiary/aromatic N) is 1. The van der Waals surface area contributed by atoms with Crippen molar-refractivity contribution < 1.29 is 4.57 Å². The Kier molecular flexibility index (Phi) is 2.50. The fraction of sp³-hybridized carbons (Fsp3) is 0.286. The molecular weight excluding hydrogens is 225 g/mol. The van der Waals surface area contributed by atoms with Gasteiger partial charge in [-0.3, -0.25) is 0 Å². The minimum Gasteiger partial charge on any atom is -0.319 e. The standard InChI is InChI=1S/C7H9BrNOP/c1-11(2,10)6-4-3-5-9-7(6)8/h3-5H,1-2H3. The first-order valence-corrected chi connectivity index (χ1v) is 6.57. The predicted molar refractivity (Wildman–Crippen MR) is 51.0 cm³/mol. The average molecular weight is 234 g/mol. The van der Waals surface area contributed by atoms with Crippen LogP contribution in [0.15, 0.2) is 22.9 Å². The number of hydrogen-bond acceptors (Lipinski definition) is 2. The molecule has 2 nitrogen and oxygen atoms in total. The fourth-order valence-electron chi connectivity index (χ4n) is 0.779. The van der Waals surface area contributed by atoms with Crippen LogP contribution in [0.4, 0.5) is 0 Å². The molecule has 0 unspecified atom stereocenters. The van der Waals surface area contributed by atoms with Crippen LogP contribution in [0.1, 0.15) is 0 Å². The zero-order valence-corrected chi connectivity index (χ0v) is 8.89. The molecule has 0 aliphatic carbocycles. The third kappa shape index (κ3) is 2.14. The van der Waals surface area contributed by atoms with Gasteiger partial charge in [0.1, 0.15) is 11.7 Å². The first-order chi connectivity index (χ1) is 5.02. The highest BCUT2D eigenvalue weighted by atomic mass is 79.9. The quantitative estimate of drug-likeness (QED) is 0.550. The smallest absolute Gasteiger partial charge is 0.116 e. The van der Waals surface area contributed by atoms with Crippen LogP contribution in [-0.2, 0) is 4.57 Å². The first kappa shape index (κ1) is 8.95. The van der Waals surface area contributed by atoms with E-state index in [1.165, 1.54) is 0 Å². The van der Waals surface area contributed by atoms with Crippen molar-refractivity contribution in [3.63, 3.8) is 0 Å². The number of hydrogen-bond donors (Lipinski definition) is 0. The highest BCUT2D eigenvalue weighted by Gasteiger charge is 2.14. The van der Waals surface area contributed by atoms with Crippen LogP contribution in [0.3, 0.4) is 0 Å². The summed E-state index contributed by atoms with van der Waals surface area (Å²) in [5.74, 6) is 0. The molecule has 0 saturated carbocycles. The lowest BCUT2D eigenvalue weighted by Crippen LogP contribution is -2.05. The Hall–Kier alpha value is -0.140. The maximum Gasteiger partial charge on any atom is 0.116 e. The molecule has 0 bridgehead atoms. The topological polar surface area (TPSA) is 30.0 Å². The second-order valence-corrected chi connectivity index (χ2v) is 6.60. The minimum absolute atomic E-state index is 0.688. The zero-order valence-electron chi connectivity index (χ0n) is 6.41. The maximum absolute atomic E-state index is 11.6. The highest BCUT2D eigenvalue weighted by molar-refractivity contribution is 9.10. The SMILES string of the molecule is CP(C)(=O)c1cccnc1Br. The summed E-state index contributed by atoms with van der Waals surface area (Å²) >= 11 is 3.25. The minimum atomic E-state index is -2.17. The van der Waals surface area contributed by atoms with Crippen LogP contribution in [0, 0.1) is 0 Å². The van der Waals surface area contributed by atoms with Crippen LogP contribution >= 0.6 is 23.1 Å². The molecule has 0 N–H and O–H groups in total. The fourth-order valence-corrected chi connectivity index (χ4v) is 3.26. The zero-order chi connectivity index (χ0) is 8.48. The third-order valence-electron chi connectivity index (χ3n) is 1.32. The summed E-state index contributed by atoms with van der Waals surface area (Å²) in [4.78, 5) is 3.99. The molecule has 4 heteroatoms. The van der Waals surface area contributed by atoms with Gasteiger partial charge in [0.25, 0.3) is 0 Å². The van der Waals surface area contributed by atoms with Gasteiger partial charge in [-0.05, 0) is 41.4 Å². The van der Waals surface area contributed by atoms with Gasteiger partial charge in [-0.1, -0.05) is 0 Å². The van der Waals surface area contributed by atoms with E-state index in [-0.39, 0.29) is 0 Å². The van der Waals surface area contributed by atoms with E-state index < -0.39 is 7.14 Å². The lowest BCUT2D eigenvalue weighted by Gasteiger charge is -2.06. The Morgan fingerprint density at radius 1 is 1.55 bits per heavy atom. The van der Waals surface area contributed by atoms with E-state index in [0.717, 1.165) is 5.30 Å². The van der Waals surface area contributed by atoms with Crippen LogP contribution in [-0.4, -0.2) is 18.3 Å². The van der Waals surface area contributed by atoms with Crippen molar-refractivity contribution in [2.45, 2.75) is 0 Å². The van der Waals surface area contributed by atoms with Crippen LogP contribution < -0.4 is 5.30 Å². The summed E-state index contributed by atoms with van der Waals surface area (Å²) in [6, 6.07) is 3.62. The van der Waals surface area contributed by atoms with Crippen molar-refractivity contribution in [2.75, 3.05) is 13.3 Å². The summed E-state index contributed by atoms with van der Waals surface area (Å²) in [6.07, 6.45) is 1.67. The molecule has 60 valence electrons. The molecule has 1 aromatic rings. The van der Waals surface area contributed by atoms with Gasteiger partial charge < -0.3 is 4.57 Å². The van der Waals surface area contributed by atoms with Gasteiger partial charge in [-0.2, -0.15) is 0 Å². The van der Waals surface area contributed by atoms with Crippen molar-refractivity contribution >= 4 is 28.4 Å². The van der Waals surface area contributed by atoms with E-state index >= 15 is 0 Å². The molecule has 0 aliphatic rings. The van der Waals surface area contributed by atoms with Crippen molar-refractivity contribution in [1.82, 2.24) is 4.98 Å². The van der Waals surface area contributed by atoms with Gasteiger partial charge >= 0.3 is 0 Å². The van der Waals surface area contributed by atoms with Gasteiger partial charge in [-0.25, -0.2) is 4.98 Å². The largest absolute Gasteiger partial charge is 0.319 e. The summed E-state index contributed by atoms with van der Waals surface area (Å²) in [5, 5.41) is 0.806. The first-order valence-electron chi connectivity index (χ1n) is 3.18. The lowest BCUT2D eigenvalue weighted by atomic mass is 10.5. The molecule has 1 heterocycles. The number of aromatic nitrogens is 1. The van der Waals surface area contributed by atoms with Crippen molar-refractivity contribution in [1.29, 1.82) is 0 Å². The normalized spacial score (nSPS) is 11.5. The Bertz CT molecular complexity index is 307. The van der Waals surface area contributed by atoms with Gasteiger partial charge in [0.2, 0.25) is 0 Å². The summed E-state index contributed by atoms with van der Waals surface area (Å²) in [6.45, 7) is 3.46. The second kappa shape index (κ2) is 3.08. The molecular formula is C7H9BrNOP. The molecule has 0 spiro atoms. The number of rotatable bonds is 1. The maximum atomic E-state index is 11.6. The van der Waals surface area contributed by atoms with E-state index in [9.17, 15) is 4.57 Å². The number of pyridine rings is 1. The van der Waals surface area contributed by atoms with Gasteiger partial charge in [0.15, 0.2) is 0 Å². The van der Waals surface area contributed by atoms with E-state index in [1.54, 1.807) is 25.6 Å². The molecule has 0 fully saturated rings. The van der Waals surface area contributed by atoms with E-state index in [1.807, 2.05) is 6.07 Å². The lowest BCUT2D eigenvalue weighted by molar-refractivity contribution is 0.588. The third-order valence-corrected chi connectivity index (χ3v) is 3.78. The van der Waals surface area contributed by atoms with E-state index in [0.29, 0.717) is 4.60 Å². The summed E-state index contributed by atoms with van der Waals surface area (Å²) in [7, 11) is -2.17. The molecule has 11 heavy (non-hydrogen) atoms. The molecule has 0 saturated heterocycles. The van der Waals surface area contributed by atoms with Gasteiger partial charge in [-0.15, -0.1) is 0 Å². The molecule has 0 atom stereocenters. The Morgan fingerprint density at radius 3 is 2.55 bits per heavy atom. The van der Waals surface area contributed by atoms with Crippen molar-refractivity contribution in [3.05, 3.63) is 22.9 Å². The second-order valence-electron chi connectivity index (χ2n) is 2.66. The highest BCUT2D eigenvalue weighted by Crippen LogP contribution is 2.36. The molecule has 0 aromatic carbocycles. The molecule has 0 amide bonds. The molecule has 1 rings (SSSR count). The molecule has 0 aliphatic heterocycles. The summed E-state index contributed by atoms with van der Waals surface area (Å²) < 4.78 is 12.3. The van der Waals surface area contributed by atoms with E-state index in [4.69, 9.17) is 0 Å². The molecule has 1 aromatic heterocycles. The Labute approximate surface area is 74.5 Å². The molecule has 0 radical (unpaired) electrons. The van der Waals surface area contributed by atoms with Gasteiger partial charge in [0, 0.05) is 11.5 Å². The van der Waals surface area contributed by atoms with Crippen molar-refractivity contribution in [3.8, 4) is 0 Å². The van der Waals surface area contributed by atoms with Crippen LogP contribution in [0.25, 0.3) is 0 Å². The Morgan fingerprint density at radius 2 is 2.18 bits per heavy atom. The predicted octanol–water partition coefficient (Wildman–Crippen LogP) is 2.09. The number of halogens is 1. The van der Waals surface area contributed by atoms with Crippen LogP contribution in [0.2, 0.25) is 0 Å². The van der Waals surface area contributed by atoms with Crippen molar-refractivity contribution in [2.24, 2.45) is 0 Å². The monoisotopic (exact) mass is 233 g/mol.